The molecule has 1 fully saturated rings. The molecule has 4 nitrogen and oxygen atoms in total. The third kappa shape index (κ3) is 4.30. The third-order valence-corrected chi connectivity index (χ3v) is 4.80. The van der Waals surface area contributed by atoms with Crippen molar-refractivity contribution in [2.75, 3.05) is 38.2 Å². The minimum Gasteiger partial charge on any atom is -0.495 e. The number of anilines is 1. The van der Waals surface area contributed by atoms with Crippen LogP contribution in [0, 0.1) is 0 Å². The van der Waals surface area contributed by atoms with E-state index in [9.17, 15) is 18.0 Å². The van der Waals surface area contributed by atoms with Gasteiger partial charge in [-0.05, 0) is 36.4 Å². The van der Waals surface area contributed by atoms with Gasteiger partial charge in [-0.25, -0.2) is 0 Å². The summed E-state index contributed by atoms with van der Waals surface area (Å²) in [5.41, 5.74) is 0.282. The number of hydrogen-bond donors (Lipinski definition) is 0. The van der Waals surface area contributed by atoms with Gasteiger partial charge >= 0.3 is 6.18 Å². The number of alkyl halides is 3. The molecule has 0 spiro atoms. The Morgan fingerprint density at radius 1 is 1.07 bits per heavy atom. The minimum absolute atomic E-state index is 0.164. The van der Waals surface area contributed by atoms with Crippen LogP contribution in [0.3, 0.4) is 0 Å². The van der Waals surface area contributed by atoms with Crippen molar-refractivity contribution in [3.63, 3.8) is 0 Å². The first-order chi connectivity index (χ1) is 12.8. The van der Waals surface area contributed by atoms with E-state index in [-0.39, 0.29) is 5.91 Å². The maximum atomic E-state index is 12.9. The van der Waals surface area contributed by atoms with E-state index in [1.54, 1.807) is 29.2 Å². The van der Waals surface area contributed by atoms with Crippen molar-refractivity contribution in [2.45, 2.75) is 6.18 Å². The SMILES string of the molecule is COc1ccc(C(=O)N2CCN(c3cccc(C(F)(F)F)c3)CC2)cc1Cl. The molecule has 0 N–H and O–H groups in total. The molecule has 27 heavy (non-hydrogen) atoms. The van der Waals surface area contributed by atoms with Crippen LogP contribution in [0.1, 0.15) is 15.9 Å². The van der Waals surface area contributed by atoms with Gasteiger partial charge in [0.05, 0.1) is 17.7 Å². The molecule has 1 aliphatic rings. The van der Waals surface area contributed by atoms with Crippen molar-refractivity contribution in [3.05, 3.63) is 58.6 Å². The molecule has 2 aromatic carbocycles. The molecule has 8 heteroatoms. The largest absolute Gasteiger partial charge is 0.495 e. The molecule has 0 radical (unpaired) electrons. The topological polar surface area (TPSA) is 32.8 Å². The van der Waals surface area contributed by atoms with Gasteiger partial charge in [0.15, 0.2) is 0 Å². The number of halogens is 4. The maximum absolute atomic E-state index is 12.9. The highest BCUT2D eigenvalue weighted by Crippen LogP contribution is 2.32. The van der Waals surface area contributed by atoms with Crippen LogP contribution in [-0.2, 0) is 6.18 Å². The molecule has 0 atom stereocenters. The molecule has 0 unspecified atom stereocenters. The molecule has 1 heterocycles. The fraction of sp³-hybridized carbons (Fsp3) is 0.316. The van der Waals surface area contributed by atoms with Crippen LogP contribution in [0.2, 0.25) is 5.02 Å². The van der Waals surface area contributed by atoms with Crippen LogP contribution in [0.15, 0.2) is 42.5 Å². The fourth-order valence-corrected chi connectivity index (χ4v) is 3.29. The average molecular weight is 399 g/mol. The first-order valence-electron chi connectivity index (χ1n) is 8.34. The van der Waals surface area contributed by atoms with Crippen LogP contribution < -0.4 is 9.64 Å². The number of benzene rings is 2. The van der Waals surface area contributed by atoms with Gasteiger partial charge in [0.1, 0.15) is 5.75 Å². The second-order valence-electron chi connectivity index (χ2n) is 6.18. The predicted octanol–water partition coefficient (Wildman–Crippen LogP) is 4.33. The lowest BCUT2D eigenvalue weighted by molar-refractivity contribution is -0.137. The molecule has 0 aliphatic carbocycles. The van der Waals surface area contributed by atoms with E-state index in [1.165, 1.54) is 13.2 Å². The van der Waals surface area contributed by atoms with E-state index in [1.807, 2.05) is 4.90 Å². The second kappa shape index (κ2) is 7.68. The molecular weight excluding hydrogens is 381 g/mol. The van der Waals surface area contributed by atoms with Crippen molar-refractivity contribution < 1.29 is 22.7 Å². The summed E-state index contributed by atoms with van der Waals surface area (Å²) in [6.07, 6.45) is -4.37. The zero-order valence-corrected chi connectivity index (χ0v) is 15.3. The first kappa shape index (κ1) is 19.4. The lowest BCUT2D eigenvalue weighted by Crippen LogP contribution is -2.48. The van der Waals surface area contributed by atoms with Crippen molar-refractivity contribution >= 4 is 23.2 Å². The normalized spacial score (nSPS) is 15.0. The Labute approximate surface area is 160 Å². The van der Waals surface area contributed by atoms with E-state index in [4.69, 9.17) is 16.3 Å². The van der Waals surface area contributed by atoms with Gasteiger partial charge < -0.3 is 14.5 Å². The first-order valence-corrected chi connectivity index (χ1v) is 8.72. The summed E-state index contributed by atoms with van der Waals surface area (Å²) >= 11 is 6.07. The summed E-state index contributed by atoms with van der Waals surface area (Å²) in [6.45, 7) is 1.74. The fourth-order valence-electron chi connectivity index (χ4n) is 3.03. The Morgan fingerprint density at radius 3 is 2.37 bits per heavy atom. The van der Waals surface area contributed by atoms with Gasteiger partial charge in [-0.15, -0.1) is 0 Å². The number of methoxy groups -OCH3 is 1. The Hall–Kier alpha value is -2.41. The van der Waals surface area contributed by atoms with Gasteiger partial charge in [-0.3, -0.25) is 4.79 Å². The number of hydrogen-bond acceptors (Lipinski definition) is 3. The number of rotatable bonds is 3. The van der Waals surface area contributed by atoms with Gasteiger partial charge in [0.2, 0.25) is 0 Å². The van der Waals surface area contributed by atoms with E-state index < -0.39 is 11.7 Å². The molecule has 2 aromatic rings. The maximum Gasteiger partial charge on any atom is 0.416 e. The third-order valence-electron chi connectivity index (χ3n) is 4.50. The number of nitrogens with zero attached hydrogens (tertiary/aromatic N) is 2. The number of piperazine rings is 1. The quantitative estimate of drug-likeness (QED) is 0.771. The minimum atomic E-state index is -4.37. The van der Waals surface area contributed by atoms with Gasteiger partial charge in [0.25, 0.3) is 5.91 Å². The number of ether oxygens (including phenoxy) is 1. The zero-order chi connectivity index (χ0) is 19.6. The Kier molecular flexibility index (Phi) is 5.51. The van der Waals surface area contributed by atoms with E-state index in [0.717, 1.165) is 12.1 Å². The number of carbonyl (C=O) groups excluding carboxylic acids is 1. The highest BCUT2D eigenvalue weighted by Gasteiger charge is 2.31. The average Bonchev–Trinajstić information content (AvgIpc) is 2.67. The molecule has 0 aromatic heterocycles. The summed E-state index contributed by atoms with van der Waals surface area (Å²) in [6, 6.07) is 10.1. The highest BCUT2D eigenvalue weighted by molar-refractivity contribution is 6.32. The Morgan fingerprint density at radius 2 is 1.78 bits per heavy atom. The smallest absolute Gasteiger partial charge is 0.416 e. The molecule has 1 amide bonds. The standard InChI is InChI=1S/C19H18ClF3N2O2/c1-27-17-6-5-13(11-16(17)20)18(26)25-9-7-24(8-10-25)15-4-2-3-14(12-15)19(21,22)23/h2-6,11-12H,7-10H2,1H3. The van der Waals surface area contributed by atoms with Gasteiger partial charge in [0, 0.05) is 37.4 Å². The molecular formula is C19H18ClF3N2O2. The molecule has 1 aliphatic heterocycles. The number of amides is 1. The van der Waals surface area contributed by atoms with Crippen LogP contribution in [-0.4, -0.2) is 44.1 Å². The van der Waals surface area contributed by atoms with Crippen LogP contribution in [0.5, 0.6) is 5.75 Å². The predicted molar refractivity (Wildman–Crippen MR) is 97.6 cm³/mol. The summed E-state index contributed by atoms with van der Waals surface area (Å²) in [5.74, 6) is 0.325. The highest BCUT2D eigenvalue weighted by atomic mass is 35.5. The van der Waals surface area contributed by atoms with Gasteiger partial charge in [-0.2, -0.15) is 13.2 Å². The van der Waals surface area contributed by atoms with Crippen molar-refractivity contribution in [3.8, 4) is 5.75 Å². The summed E-state index contributed by atoms with van der Waals surface area (Å²) in [7, 11) is 1.50. The van der Waals surface area contributed by atoms with E-state index in [2.05, 4.69) is 0 Å². The lowest BCUT2D eigenvalue weighted by atomic mass is 10.1. The van der Waals surface area contributed by atoms with E-state index >= 15 is 0 Å². The lowest BCUT2D eigenvalue weighted by Gasteiger charge is -2.36. The Bertz CT molecular complexity index is 834. The van der Waals surface area contributed by atoms with Crippen LogP contribution in [0.4, 0.5) is 18.9 Å². The van der Waals surface area contributed by atoms with Crippen LogP contribution >= 0.6 is 11.6 Å². The zero-order valence-electron chi connectivity index (χ0n) is 14.6. The van der Waals surface area contributed by atoms with Crippen molar-refractivity contribution in [2.24, 2.45) is 0 Å². The molecule has 1 saturated heterocycles. The number of carbonyl (C=O) groups is 1. The van der Waals surface area contributed by atoms with E-state index in [0.29, 0.717) is 48.2 Å². The molecule has 0 saturated carbocycles. The molecule has 0 bridgehead atoms. The summed E-state index contributed by atoms with van der Waals surface area (Å²) in [5, 5.41) is 0.353. The molecule has 144 valence electrons. The molecule has 3 rings (SSSR count). The summed E-state index contributed by atoms with van der Waals surface area (Å²) in [4.78, 5) is 16.2. The van der Waals surface area contributed by atoms with Gasteiger partial charge in [-0.1, -0.05) is 17.7 Å². The Balaban J connectivity index is 1.67. The van der Waals surface area contributed by atoms with Crippen molar-refractivity contribution in [1.82, 2.24) is 4.90 Å². The van der Waals surface area contributed by atoms with Crippen molar-refractivity contribution in [1.29, 1.82) is 0 Å². The summed E-state index contributed by atoms with van der Waals surface area (Å²) < 4.78 is 43.7. The second-order valence-corrected chi connectivity index (χ2v) is 6.58. The monoisotopic (exact) mass is 398 g/mol. The van der Waals surface area contributed by atoms with Crippen LogP contribution in [0.25, 0.3) is 0 Å².